The highest BCUT2D eigenvalue weighted by atomic mass is 35.5. The summed E-state index contributed by atoms with van der Waals surface area (Å²) in [6, 6.07) is 14.5. The van der Waals surface area contributed by atoms with Crippen molar-refractivity contribution in [3.63, 3.8) is 0 Å². The van der Waals surface area contributed by atoms with Crippen molar-refractivity contribution in [2.45, 2.75) is 39.5 Å². The van der Waals surface area contributed by atoms with E-state index in [9.17, 15) is 45.4 Å². The van der Waals surface area contributed by atoms with E-state index in [-0.39, 0.29) is 44.7 Å². The zero-order valence-electron chi connectivity index (χ0n) is 28.7. The number of hydrogen-bond donors (Lipinski definition) is 1. The molecule has 8 nitrogen and oxygen atoms in total. The first-order chi connectivity index (χ1) is 25.8. The minimum Gasteiger partial charge on any atom is -0.481 e. The summed E-state index contributed by atoms with van der Waals surface area (Å²) in [7, 11) is 0. The van der Waals surface area contributed by atoms with Gasteiger partial charge in [-0.05, 0) is 64.1 Å². The molecule has 0 unspecified atom stereocenters. The van der Waals surface area contributed by atoms with Crippen LogP contribution in [0.4, 0.5) is 30.7 Å². The Morgan fingerprint density at radius 3 is 1.44 bits per heavy atom. The summed E-state index contributed by atoms with van der Waals surface area (Å²) in [4.78, 5) is 32.8. The van der Waals surface area contributed by atoms with Crippen LogP contribution in [0.1, 0.15) is 61.8 Å². The fourth-order valence-electron chi connectivity index (χ4n) is 6.40. The summed E-state index contributed by atoms with van der Waals surface area (Å²) in [6.45, 7) is 5.78. The number of hydrogen-bond acceptors (Lipinski definition) is 7. The minimum atomic E-state index is -2.39. The normalized spacial score (nSPS) is 15.5. The number of nitrogens with zero attached hydrogens (tertiary/aromatic N) is 2. The molecule has 2 atom stereocenters. The molecule has 5 aromatic rings. The maximum atomic E-state index is 14.5. The second-order valence-corrected chi connectivity index (χ2v) is 14.3. The second-order valence-electron chi connectivity index (χ2n) is 13.5. The predicted molar refractivity (Wildman–Crippen MR) is 182 cm³/mol. The van der Waals surface area contributed by atoms with Crippen LogP contribution in [-0.4, -0.2) is 27.0 Å². The van der Waals surface area contributed by atoms with Gasteiger partial charge in [-0.3, -0.25) is 9.59 Å². The van der Waals surface area contributed by atoms with Gasteiger partial charge in [0, 0.05) is 34.1 Å². The van der Waals surface area contributed by atoms with E-state index in [0.717, 1.165) is 6.07 Å². The summed E-state index contributed by atoms with van der Waals surface area (Å²) >= 11 is 11.8. The molecule has 0 saturated carbocycles. The minimum absolute atomic E-state index is 0.00379. The highest BCUT2D eigenvalue weighted by Crippen LogP contribution is 2.54. The smallest absolute Gasteiger partial charge is 0.318 e. The molecule has 1 N–H and O–H groups in total. The molecule has 2 aliphatic heterocycles. The van der Waals surface area contributed by atoms with E-state index in [1.807, 2.05) is 0 Å². The van der Waals surface area contributed by atoms with Gasteiger partial charge in [0.25, 0.3) is 0 Å². The number of para-hydroxylation sites is 2. The molecular weight excluding hydrogens is 784 g/mol. The molecule has 55 heavy (non-hydrogen) atoms. The zero-order valence-corrected chi connectivity index (χ0v) is 30.2. The number of rotatable bonds is 5. The molecule has 2 aliphatic rings. The number of aromatic nitrogens is 2. The molecule has 286 valence electrons. The van der Waals surface area contributed by atoms with Crippen molar-refractivity contribution >= 4 is 35.1 Å². The summed E-state index contributed by atoms with van der Waals surface area (Å²) < 4.78 is 113. The van der Waals surface area contributed by atoms with Crippen molar-refractivity contribution < 1.29 is 59.6 Å². The van der Waals surface area contributed by atoms with Crippen LogP contribution in [0.3, 0.4) is 0 Å². The van der Waals surface area contributed by atoms with Gasteiger partial charge in [0.15, 0.2) is 23.1 Å². The number of pyridine rings is 2. The number of aliphatic carboxylic acids is 1. The van der Waals surface area contributed by atoms with Gasteiger partial charge in [-0.1, -0.05) is 47.5 Å². The number of esters is 1. The molecule has 0 fully saturated rings. The molecular formula is C38H25Cl2F7N2O6. The SMILES string of the molecule is CC(C)(C(=O)O)[C@@H]1c2ccc(Cl)nc2Oc2c(F)cccc21.CC(C)(C(=O)Oc1c(F)c(F)c(F)c(F)c1F)[C@@H]1c2ccc(Cl)nc2Oc2c(F)cccc21. The molecule has 3 aromatic carbocycles. The molecule has 0 aliphatic carbocycles. The molecule has 0 bridgehead atoms. The third-order valence-electron chi connectivity index (χ3n) is 9.23. The van der Waals surface area contributed by atoms with Gasteiger partial charge >= 0.3 is 11.9 Å². The summed E-state index contributed by atoms with van der Waals surface area (Å²) in [5.41, 5.74) is -1.41. The van der Waals surface area contributed by atoms with Crippen molar-refractivity contribution in [3.8, 4) is 29.0 Å². The molecule has 7 rings (SSSR count). The van der Waals surface area contributed by atoms with E-state index in [1.54, 1.807) is 32.0 Å². The molecule has 0 radical (unpaired) electrons. The van der Waals surface area contributed by atoms with Crippen molar-refractivity contribution in [1.82, 2.24) is 9.97 Å². The van der Waals surface area contributed by atoms with Crippen LogP contribution in [0.15, 0.2) is 60.7 Å². The Kier molecular flexibility index (Phi) is 10.2. The largest absolute Gasteiger partial charge is 0.481 e. The topological polar surface area (TPSA) is 108 Å². The van der Waals surface area contributed by atoms with E-state index in [2.05, 4.69) is 14.7 Å². The maximum Gasteiger partial charge on any atom is 0.318 e. The fraction of sp³-hybridized carbons (Fsp3) is 0.211. The van der Waals surface area contributed by atoms with Crippen molar-refractivity contribution in [2.75, 3.05) is 0 Å². The van der Waals surface area contributed by atoms with Crippen molar-refractivity contribution in [2.24, 2.45) is 10.8 Å². The van der Waals surface area contributed by atoms with Gasteiger partial charge in [0.2, 0.25) is 46.6 Å². The molecule has 0 spiro atoms. The van der Waals surface area contributed by atoms with Gasteiger partial charge in [-0.2, -0.15) is 8.78 Å². The number of ether oxygens (including phenoxy) is 3. The maximum absolute atomic E-state index is 14.5. The number of carbonyl (C=O) groups excluding carboxylic acids is 1. The summed E-state index contributed by atoms with van der Waals surface area (Å²) in [5, 5.41) is 9.80. The van der Waals surface area contributed by atoms with E-state index in [1.165, 1.54) is 50.2 Å². The van der Waals surface area contributed by atoms with E-state index in [4.69, 9.17) is 32.7 Å². The lowest BCUT2D eigenvalue weighted by molar-refractivity contribution is -0.148. The van der Waals surface area contributed by atoms with Crippen molar-refractivity contribution in [1.29, 1.82) is 0 Å². The molecule has 17 heteroatoms. The third kappa shape index (κ3) is 6.79. The second kappa shape index (κ2) is 14.3. The number of carboxylic acids is 1. The Bertz CT molecular complexity index is 2380. The van der Waals surface area contributed by atoms with Crippen LogP contribution in [0.2, 0.25) is 10.3 Å². The van der Waals surface area contributed by atoms with Gasteiger partial charge < -0.3 is 19.3 Å². The lowest BCUT2D eigenvalue weighted by atomic mass is 9.70. The van der Waals surface area contributed by atoms with E-state index < -0.39 is 81.1 Å². The Hall–Kier alpha value is -5.41. The van der Waals surface area contributed by atoms with Crippen LogP contribution in [0.25, 0.3) is 0 Å². The number of halogens is 9. The first-order valence-corrected chi connectivity index (χ1v) is 16.7. The quantitative estimate of drug-likeness (QED) is 0.0467. The first-order valence-electron chi connectivity index (χ1n) is 16.0. The number of carboxylic acid groups (broad SMARTS) is 1. The Morgan fingerprint density at radius 1 is 0.618 bits per heavy atom. The molecule has 2 aromatic heterocycles. The van der Waals surface area contributed by atoms with Gasteiger partial charge in [0.1, 0.15) is 10.3 Å². The fourth-order valence-corrected chi connectivity index (χ4v) is 6.68. The Morgan fingerprint density at radius 2 is 1.02 bits per heavy atom. The van der Waals surface area contributed by atoms with Crippen molar-refractivity contribution in [3.05, 3.63) is 134 Å². The van der Waals surface area contributed by atoms with Crippen LogP contribution >= 0.6 is 23.2 Å². The van der Waals surface area contributed by atoms with Crippen LogP contribution in [-0.2, 0) is 9.59 Å². The first kappa shape index (κ1) is 39.3. The molecule has 0 saturated heterocycles. The molecule has 0 amide bonds. The average Bonchev–Trinajstić information content (AvgIpc) is 3.13. The predicted octanol–water partition coefficient (Wildman–Crippen LogP) is 10.7. The summed E-state index contributed by atoms with van der Waals surface area (Å²) in [5.74, 6) is -18.8. The lowest BCUT2D eigenvalue weighted by Gasteiger charge is -2.37. The van der Waals surface area contributed by atoms with Crippen LogP contribution in [0, 0.1) is 51.6 Å². The average molecular weight is 810 g/mol. The standard InChI is InChI=1S/C22H12ClF6NO3.C16H13ClFNO3/c1-22(2,21(31)33-19-16(28)14(26)13(25)15(27)17(19)29)12-8-4-3-5-10(24)18(8)32-20-9(12)6-7-11(23)30-20;1-16(2,15(20)21)12-8-4-3-5-10(18)13(8)22-14-9(12)6-7-11(17)19-14/h3-7,12H,1-2H3;3-7,12H,1-2H3,(H,20,21)/t2*12-/m00/s1. The number of carbonyl (C=O) groups is 2. The van der Waals surface area contributed by atoms with E-state index >= 15 is 0 Å². The zero-order chi connectivity index (χ0) is 40.3. The van der Waals surface area contributed by atoms with Gasteiger partial charge in [-0.25, -0.2) is 31.9 Å². The van der Waals surface area contributed by atoms with Gasteiger partial charge in [-0.15, -0.1) is 0 Å². The number of fused-ring (bicyclic) bond motifs is 4. The lowest BCUT2D eigenvalue weighted by Crippen LogP contribution is -2.37. The highest BCUT2D eigenvalue weighted by molar-refractivity contribution is 6.29. The monoisotopic (exact) mass is 808 g/mol. The third-order valence-corrected chi connectivity index (χ3v) is 9.65. The summed E-state index contributed by atoms with van der Waals surface area (Å²) in [6.07, 6.45) is 0. The Balaban J connectivity index is 0.000000203. The number of benzene rings is 3. The van der Waals surface area contributed by atoms with Crippen LogP contribution in [0.5, 0.6) is 29.0 Å². The van der Waals surface area contributed by atoms with Gasteiger partial charge in [0.05, 0.1) is 10.8 Å². The van der Waals surface area contributed by atoms with E-state index in [0.29, 0.717) is 11.1 Å². The highest BCUT2D eigenvalue weighted by Gasteiger charge is 2.47. The Labute approximate surface area is 317 Å². The van der Waals surface area contributed by atoms with Crippen LogP contribution < -0.4 is 14.2 Å². The molecule has 4 heterocycles.